The number of aliphatic hydroxyl groups is 1. The Morgan fingerprint density at radius 1 is 1.10 bits per heavy atom. The maximum Gasteiger partial charge on any atom is 0.301 e. The first-order valence-corrected chi connectivity index (χ1v) is 14.0. The summed E-state index contributed by atoms with van der Waals surface area (Å²) in [5.41, 5.74) is 4.56. The predicted octanol–water partition coefficient (Wildman–Crippen LogP) is 4.68. The minimum Gasteiger partial charge on any atom is -0.484 e. The van der Waals surface area contributed by atoms with Gasteiger partial charge in [-0.05, 0) is 84.7 Å². The summed E-state index contributed by atoms with van der Waals surface area (Å²) in [5, 5.41) is 11.9. The molecule has 3 heterocycles. The molecule has 2 aliphatic carbocycles. The number of anilines is 1. The number of aromatic nitrogens is 2. The number of ether oxygens (including phenoxy) is 1. The Balaban J connectivity index is 1.08. The van der Waals surface area contributed by atoms with Crippen molar-refractivity contribution < 1.29 is 28.2 Å². The molecule has 3 fully saturated rings. The Morgan fingerprint density at radius 3 is 2.59 bits per heavy atom. The van der Waals surface area contributed by atoms with Gasteiger partial charge in [0.25, 0.3) is 0 Å². The van der Waals surface area contributed by atoms with Crippen LogP contribution in [0.2, 0.25) is 0 Å². The van der Waals surface area contributed by atoms with Crippen molar-refractivity contribution in [3.05, 3.63) is 71.7 Å². The summed E-state index contributed by atoms with van der Waals surface area (Å²) in [4.78, 5) is 34.4. The fourth-order valence-electron chi connectivity index (χ4n) is 5.50. The van der Waals surface area contributed by atoms with Gasteiger partial charge in [-0.2, -0.15) is 0 Å². The van der Waals surface area contributed by atoms with Gasteiger partial charge in [0.1, 0.15) is 18.2 Å². The first-order valence-electron chi connectivity index (χ1n) is 14.0. The maximum atomic E-state index is 14.7. The zero-order valence-electron chi connectivity index (χ0n) is 22.7. The number of benzene rings is 1. The number of hydrogen-bond acceptors (Lipinski definition) is 6. The zero-order chi connectivity index (χ0) is 28.7. The van der Waals surface area contributed by atoms with Crippen LogP contribution in [-0.4, -0.2) is 63.5 Å². The number of aryl methyl sites for hydroxylation is 1. The average Bonchev–Trinajstić information content (AvgIpc) is 3.89. The second-order valence-electron chi connectivity index (χ2n) is 11.3. The smallest absolute Gasteiger partial charge is 0.301 e. The van der Waals surface area contributed by atoms with Crippen molar-refractivity contribution >= 4 is 17.6 Å². The zero-order valence-corrected chi connectivity index (χ0v) is 22.7. The van der Waals surface area contributed by atoms with E-state index < -0.39 is 31.1 Å². The molecule has 6 rings (SSSR count). The van der Waals surface area contributed by atoms with Crippen LogP contribution < -0.4 is 10.1 Å². The maximum absolute atomic E-state index is 14.7. The molecule has 0 radical (unpaired) electrons. The molecule has 3 atom stereocenters. The Kier molecular flexibility index (Phi) is 7.19. The van der Waals surface area contributed by atoms with E-state index in [9.17, 15) is 18.4 Å². The SMILES string of the molecule is Cc1cc(-c2ccnc(NC(=O)[C@@H]3C[C@H]3c3ccc(C4CC4)nc3)c2)ccc1O[C@H]1CCN(C(=O)CO)CC1(F)F. The Labute approximate surface area is 236 Å². The third-order valence-corrected chi connectivity index (χ3v) is 8.17. The predicted molar refractivity (Wildman–Crippen MR) is 148 cm³/mol. The highest BCUT2D eigenvalue weighted by Crippen LogP contribution is 2.48. The van der Waals surface area contributed by atoms with Crippen LogP contribution in [0.15, 0.2) is 54.9 Å². The highest BCUT2D eigenvalue weighted by molar-refractivity contribution is 5.95. The average molecular weight is 563 g/mol. The molecule has 41 heavy (non-hydrogen) atoms. The monoisotopic (exact) mass is 562 g/mol. The van der Waals surface area contributed by atoms with Gasteiger partial charge in [-0.15, -0.1) is 0 Å². The van der Waals surface area contributed by atoms with Gasteiger partial charge >= 0.3 is 5.92 Å². The third kappa shape index (κ3) is 5.93. The van der Waals surface area contributed by atoms with Gasteiger partial charge in [0, 0.05) is 42.9 Å². The minimum atomic E-state index is -3.25. The van der Waals surface area contributed by atoms with Crippen molar-refractivity contribution in [1.29, 1.82) is 0 Å². The molecule has 2 N–H and O–H groups in total. The highest BCUT2D eigenvalue weighted by atomic mass is 19.3. The molecule has 0 spiro atoms. The van der Waals surface area contributed by atoms with Gasteiger partial charge in [0.2, 0.25) is 11.8 Å². The summed E-state index contributed by atoms with van der Waals surface area (Å²) in [6.45, 7) is 0.291. The molecule has 10 heteroatoms. The number of pyridine rings is 2. The summed E-state index contributed by atoms with van der Waals surface area (Å²) >= 11 is 0. The summed E-state index contributed by atoms with van der Waals surface area (Å²) in [6.07, 6.45) is 5.30. The quantitative estimate of drug-likeness (QED) is 0.413. The summed E-state index contributed by atoms with van der Waals surface area (Å²) in [7, 11) is 0. The number of nitrogens with zero attached hydrogens (tertiary/aromatic N) is 3. The van der Waals surface area contributed by atoms with Crippen LogP contribution in [0.5, 0.6) is 5.75 Å². The fraction of sp³-hybridized carbons (Fsp3) is 0.419. The van der Waals surface area contributed by atoms with E-state index in [0.717, 1.165) is 33.7 Å². The van der Waals surface area contributed by atoms with Gasteiger partial charge in [0.05, 0.1) is 6.54 Å². The lowest BCUT2D eigenvalue weighted by Gasteiger charge is -2.38. The van der Waals surface area contributed by atoms with Gasteiger partial charge < -0.3 is 20.1 Å². The van der Waals surface area contributed by atoms with Gasteiger partial charge in [-0.3, -0.25) is 14.6 Å². The van der Waals surface area contributed by atoms with E-state index in [1.165, 1.54) is 12.8 Å². The number of rotatable bonds is 8. The van der Waals surface area contributed by atoms with E-state index in [0.29, 0.717) is 23.0 Å². The minimum absolute atomic E-state index is 0.0442. The van der Waals surface area contributed by atoms with Crippen molar-refractivity contribution in [2.24, 2.45) is 5.92 Å². The second-order valence-corrected chi connectivity index (χ2v) is 11.3. The number of halogens is 2. The number of aliphatic hydroxyl groups excluding tert-OH is 1. The van der Waals surface area contributed by atoms with E-state index >= 15 is 0 Å². The molecule has 8 nitrogen and oxygen atoms in total. The van der Waals surface area contributed by atoms with Crippen molar-refractivity contribution in [2.45, 2.75) is 56.5 Å². The van der Waals surface area contributed by atoms with Gasteiger partial charge in [-0.25, -0.2) is 13.8 Å². The lowest BCUT2D eigenvalue weighted by atomic mass is 10.0. The first-order chi connectivity index (χ1) is 19.7. The van der Waals surface area contributed by atoms with E-state index in [1.807, 2.05) is 18.3 Å². The normalized spacial score (nSPS) is 23.1. The van der Waals surface area contributed by atoms with Crippen LogP contribution in [0.3, 0.4) is 0 Å². The topological polar surface area (TPSA) is 105 Å². The number of carbonyl (C=O) groups excluding carboxylic acids is 2. The number of nitrogens with one attached hydrogen (secondary N) is 1. The van der Waals surface area contributed by atoms with Gasteiger partial charge in [0.15, 0.2) is 6.10 Å². The molecule has 1 saturated heterocycles. The molecule has 3 aromatic rings. The molecule has 2 saturated carbocycles. The lowest BCUT2D eigenvalue weighted by molar-refractivity contribution is -0.161. The van der Waals surface area contributed by atoms with Gasteiger partial charge in [-0.1, -0.05) is 12.1 Å². The van der Waals surface area contributed by atoms with E-state index in [-0.39, 0.29) is 30.7 Å². The molecule has 1 aliphatic heterocycles. The number of carbonyl (C=O) groups is 2. The number of hydrogen-bond donors (Lipinski definition) is 2. The standard InChI is InChI=1S/C31H32F2N4O4/c1-18-12-20(5-7-26(18)41-27-9-11-37(29(39)16-38)17-31(27,32)33)21-8-10-34-28(13-21)36-30(40)24-14-23(24)22-4-6-25(35-15-22)19-2-3-19/h4-8,10,12-13,15,19,23-24,27,38H,2-3,9,11,14,16-17H2,1H3,(H,34,36,40)/t23-,24+,27-/m0/s1. The number of likely N-dealkylation sites (tertiary alicyclic amines) is 1. The number of piperidine rings is 1. The Morgan fingerprint density at radius 2 is 1.90 bits per heavy atom. The number of amides is 2. The largest absolute Gasteiger partial charge is 0.484 e. The number of alkyl halides is 2. The second kappa shape index (κ2) is 10.8. The first kappa shape index (κ1) is 27.3. The molecule has 0 bridgehead atoms. The van der Waals surface area contributed by atoms with Crippen molar-refractivity contribution in [3.63, 3.8) is 0 Å². The summed E-state index contributed by atoms with van der Waals surface area (Å²) in [6, 6.07) is 13.1. The molecule has 2 aromatic heterocycles. The van der Waals surface area contributed by atoms with E-state index in [2.05, 4.69) is 27.4 Å². The lowest BCUT2D eigenvalue weighted by Crippen LogP contribution is -2.55. The fourth-order valence-corrected chi connectivity index (χ4v) is 5.50. The molecule has 214 valence electrons. The highest BCUT2D eigenvalue weighted by Gasteiger charge is 2.48. The Bertz CT molecular complexity index is 1460. The molecule has 3 aliphatic rings. The van der Waals surface area contributed by atoms with Crippen LogP contribution in [0.25, 0.3) is 11.1 Å². The van der Waals surface area contributed by atoms with Crippen LogP contribution in [0.4, 0.5) is 14.6 Å². The van der Waals surface area contributed by atoms with Crippen LogP contribution in [-0.2, 0) is 9.59 Å². The van der Waals surface area contributed by atoms with Crippen LogP contribution in [0, 0.1) is 12.8 Å². The molecular weight excluding hydrogens is 530 g/mol. The summed E-state index contributed by atoms with van der Waals surface area (Å²) in [5.74, 6) is -2.59. The summed E-state index contributed by atoms with van der Waals surface area (Å²) < 4.78 is 35.1. The van der Waals surface area contributed by atoms with Crippen molar-refractivity contribution in [1.82, 2.24) is 14.9 Å². The molecule has 0 unspecified atom stereocenters. The van der Waals surface area contributed by atoms with Crippen LogP contribution >= 0.6 is 0 Å². The molecule has 2 amide bonds. The third-order valence-electron chi connectivity index (χ3n) is 8.17. The Hall–Kier alpha value is -3.92. The van der Waals surface area contributed by atoms with Crippen molar-refractivity contribution in [2.75, 3.05) is 25.0 Å². The van der Waals surface area contributed by atoms with E-state index in [4.69, 9.17) is 9.84 Å². The van der Waals surface area contributed by atoms with Crippen molar-refractivity contribution in [3.8, 4) is 16.9 Å². The van der Waals surface area contributed by atoms with Crippen LogP contribution in [0.1, 0.15) is 54.3 Å². The molecular formula is C31H32F2N4O4. The van der Waals surface area contributed by atoms with E-state index in [1.54, 1.807) is 31.3 Å². The molecule has 1 aromatic carbocycles.